The fourth-order valence-corrected chi connectivity index (χ4v) is 3.49. The Morgan fingerprint density at radius 2 is 1.69 bits per heavy atom. The predicted octanol–water partition coefficient (Wildman–Crippen LogP) is 3.03. The van der Waals surface area contributed by atoms with Crippen molar-refractivity contribution in [3.8, 4) is 5.75 Å². The average molecular weight is 394 g/mol. The molecule has 154 valence electrons. The molecule has 0 saturated carbocycles. The molecule has 1 fully saturated rings. The van der Waals surface area contributed by atoms with Crippen molar-refractivity contribution in [2.75, 3.05) is 46.4 Å². The maximum Gasteiger partial charge on any atom is 0.221 e. The molecular formula is C24H31N3O2. The number of carbonyl (C=O) groups is 1. The van der Waals surface area contributed by atoms with Gasteiger partial charge in [0.1, 0.15) is 5.75 Å². The molecule has 0 radical (unpaired) electrons. The summed E-state index contributed by atoms with van der Waals surface area (Å²) in [5.41, 5.74) is 2.24. The topological polar surface area (TPSA) is 44.8 Å². The van der Waals surface area contributed by atoms with E-state index in [9.17, 15) is 4.79 Å². The number of nitrogens with one attached hydrogen (secondary N) is 1. The van der Waals surface area contributed by atoms with Gasteiger partial charge < -0.3 is 15.0 Å². The van der Waals surface area contributed by atoms with Gasteiger partial charge in [-0.05, 0) is 11.6 Å². The summed E-state index contributed by atoms with van der Waals surface area (Å²) < 4.78 is 5.33. The quantitative estimate of drug-likeness (QED) is 0.711. The number of rotatable bonds is 9. The molecule has 2 aromatic rings. The zero-order valence-corrected chi connectivity index (χ0v) is 17.2. The molecule has 1 aliphatic heterocycles. The van der Waals surface area contributed by atoms with Crippen LogP contribution in [0.2, 0.25) is 0 Å². The van der Waals surface area contributed by atoms with Crippen LogP contribution in [0.3, 0.4) is 0 Å². The minimum absolute atomic E-state index is 0.0872. The highest BCUT2D eigenvalue weighted by molar-refractivity contribution is 5.76. The summed E-state index contributed by atoms with van der Waals surface area (Å²) in [7, 11) is 1.65. The predicted molar refractivity (Wildman–Crippen MR) is 118 cm³/mol. The lowest BCUT2D eigenvalue weighted by molar-refractivity contribution is -0.121. The van der Waals surface area contributed by atoms with Crippen LogP contribution in [0, 0.1) is 0 Å². The first-order valence-corrected chi connectivity index (χ1v) is 10.3. The number of methoxy groups -OCH3 is 1. The normalized spacial score (nSPS) is 15.5. The fraction of sp³-hybridized carbons (Fsp3) is 0.375. The largest absolute Gasteiger partial charge is 0.496 e. The van der Waals surface area contributed by atoms with Gasteiger partial charge in [-0.1, -0.05) is 60.7 Å². The Hall–Kier alpha value is -2.63. The number of benzene rings is 2. The van der Waals surface area contributed by atoms with E-state index in [2.05, 4.69) is 51.5 Å². The summed E-state index contributed by atoms with van der Waals surface area (Å²) in [6, 6.07) is 18.2. The standard InChI is InChI=1S/C24H31N3O2/c1-29-23-12-6-5-11-22(23)20-25-24(28)13-15-27-18-16-26(17-19-27)14-7-10-21-8-3-2-4-9-21/h2-12H,13-20H2,1H3,(H,25,28)/b10-7+. The van der Waals surface area contributed by atoms with Crippen molar-refractivity contribution in [2.45, 2.75) is 13.0 Å². The van der Waals surface area contributed by atoms with Crippen LogP contribution in [0.15, 0.2) is 60.7 Å². The molecule has 0 atom stereocenters. The molecule has 29 heavy (non-hydrogen) atoms. The van der Waals surface area contributed by atoms with Crippen LogP contribution < -0.4 is 10.1 Å². The van der Waals surface area contributed by atoms with Crippen LogP contribution in [0.25, 0.3) is 6.08 Å². The molecule has 2 aromatic carbocycles. The monoisotopic (exact) mass is 393 g/mol. The van der Waals surface area contributed by atoms with E-state index in [0.717, 1.165) is 50.6 Å². The second-order valence-electron chi connectivity index (χ2n) is 7.29. The molecular weight excluding hydrogens is 362 g/mol. The van der Waals surface area contributed by atoms with Crippen LogP contribution in [0.4, 0.5) is 0 Å². The van der Waals surface area contributed by atoms with Gasteiger partial charge in [-0.15, -0.1) is 0 Å². The van der Waals surface area contributed by atoms with Crippen molar-refractivity contribution in [3.63, 3.8) is 0 Å². The molecule has 1 amide bonds. The fourth-order valence-electron chi connectivity index (χ4n) is 3.49. The van der Waals surface area contributed by atoms with E-state index < -0.39 is 0 Å². The molecule has 1 saturated heterocycles. The number of piperazine rings is 1. The number of hydrogen-bond donors (Lipinski definition) is 1. The summed E-state index contributed by atoms with van der Waals surface area (Å²) in [4.78, 5) is 17.0. The maximum atomic E-state index is 12.2. The van der Waals surface area contributed by atoms with Gasteiger partial charge in [-0.2, -0.15) is 0 Å². The zero-order valence-electron chi connectivity index (χ0n) is 17.2. The van der Waals surface area contributed by atoms with Crippen molar-refractivity contribution in [3.05, 3.63) is 71.8 Å². The van der Waals surface area contributed by atoms with Crippen molar-refractivity contribution >= 4 is 12.0 Å². The summed E-state index contributed by atoms with van der Waals surface area (Å²) >= 11 is 0. The van der Waals surface area contributed by atoms with Crippen molar-refractivity contribution in [1.29, 1.82) is 0 Å². The smallest absolute Gasteiger partial charge is 0.221 e. The van der Waals surface area contributed by atoms with E-state index >= 15 is 0 Å². The molecule has 0 aliphatic carbocycles. The SMILES string of the molecule is COc1ccccc1CNC(=O)CCN1CCN(C/C=C/c2ccccc2)CC1. The Balaban J connectivity index is 1.31. The molecule has 1 heterocycles. The zero-order chi connectivity index (χ0) is 20.3. The van der Waals surface area contributed by atoms with E-state index in [1.807, 2.05) is 30.3 Å². The molecule has 5 heteroatoms. The van der Waals surface area contributed by atoms with E-state index in [1.54, 1.807) is 7.11 Å². The molecule has 5 nitrogen and oxygen atoms in total. The van der Waals surface area contributed by atoms with Crippen LogP contribution in [0.5, 0.6) is 5.75 Å². The average Bonchev–Trinajstić information content (AvgIpc) is 2.78. The minimum Gasteiger partial charge on any atom is -0.496 e. The van der Waals surface area contributed by atoms with Crippen LogP contribution >= 0.6 is 0 Å². The Labute approximate surface area is 174 Å². The van der Waals surface area contributed by atoms with E-state index in [4.69, 9.17) is 4.74 Å². The highest BCUT2D eigenvalue weighted by Gasteiger charge is 2.16. The third-order valence-corrected chi connectivity index (χ3v) is 5.26. The number of carbonyl (C=O) groups excluding carboxylic acids is 1. The summed E-state index contributed by atoms with van der Waals surface area (Å²) in [6.07, 6.45) is 4.94. The van der Waals surface area contributed by atoms with Gasteiger partial charge in [0.05, 0.1) is 7.11 Å². The lowest BCUT2D eigenvalue weighted by atomic mass is 10.2. The van der Waals surface area contributed by atoms with Crippen LogP contribution in [-0.4, -0.2) is 62.1 Å². The Morgan fingerprint density at radius 1 is 1.00 bits per heavy atom. The summed E-state index contributed by atoms with van der Waals surface area (Å²) in [6.45, 7) is 6.40. The van der Waals surface area contributed by atoms with Crippen molar-refractivity contribution < 1.29 is 9.53 Å². The summed E-state index contributed by atoms with van der Waals surface area (Å²) in [5.74, 6) is 0.898. The van der Waals surface area contributed by atoms with Crippen LogP contribution in [-0.2, 0) is 11.3 Å². The number of amides is 1. The Kier molecular flexibility index (Phi) is 8.28. The third kappa shape index (κ3) is 7.04. The number of para-hydroxylation sites is 1. The van der Waals surface area contributed by atoms with Crippen molar-refractivity contribution in [2.24, 2.45) is 0 Å². The molecule has 0 bridgehead atoms. The number of ether oxygens (including phenoxy) is 1. The Bertz CT molecular complexity index is 784. The van der Waals surface area contributed by atoms with Gasteiger partial charge in [0.2, 0.25) is 5.91 Å². The highest BCUT2D eigenvalue weighted by atomic mass is 16.5. The van der Waals surface area contributed by atoms with Gasteiger partial charge in [0.25, 0.3) is 0 Å². The number of hydrogen-bond acceptors (Lipinski definition) is 4. The first-order valence-electron chi connectivity index (χ1n) is 10.3. The van der Waals surface area contributed by atoms with E-state index in [-0.39, 0.29) is 5.91 Å². The van der Waals surface area contributed by atoms with Crippen molar-refractivity contribution in [1.82, 2.24) is 15.1 Å². The third-order valence-electron chi connectivity index (χ3n) is 5.26. The molecule has 3 rings (SSSR count). The molecule has 0 spiro atoms. The Morgan fingerprint density at radius 3 is 2.45 bits per heavy atom. The molecule has 1 N–H and O–H groups in total. The van der Waals surface area contributed by atoms with Gasteiger partial charge in [0.15, 0.2) is 0 Å². The lowest BCUT2D eigenvalue weighted by Crippen LogP contribution is -2.47. The lowest BCUT2D eigenvalue weighted by Gasteiger charge is -2.34. The molecule has 0 aromatic heterocycles. The highest BCUT2D eigenvalue weighted by Crippen LogP contribution is 2.16. The first kappa shape index (κ1) is 21.1. The van der Waals surface area contributed by atoms with Gasteiger partial charge in [-0.3, -0.25) is 9.69 Å². The second kappa shape index (κ2) is 11.4. The van der Waals surface area contributed by atoms with Gasteiger partial charge in [0, 0.05) is 57.8 Å². The minimum atomic E-state index is 0.0872. The van der Waals surface area contributed by atoms with Crippen LogP contribution in [0.1, 0.15) is 17.5 Å². The second-order valence-corrected chi connectivity index (χ2v) is 7.29. The van der Waals surface area contributed by atoms with Gasteiger partial charge in [-0.25, -0.2) is 0 Å². The maximum absolute atomic E-state index is 12.2. The summed E-state index contributed by atoms with van der Waals surface area (Å²) in [5, 5.41) is 3.00. The van der Waals surface area contributed by atoms with E-state index in [0.29, 0.717) is 13.0 Å². The molecule has 0 unspecified atom stereocenters. The molecule has 1 aliphatic rings. The first-order chi connectivity index (χ1) is 14.2. The van der Waals surface area contributed by atoms with Gasteiger partial charge >= 0.3 is 0 Å². The number of nitrogens with zero attached hydrogens (tertiary/aromatic N) is 2. The van der Waals surface area contributed by atoms with E-state index in [1.165, 1.54) is 5.56 Å².